The number of alkyl halides is 3. The summed E-state index contributed by atoms with van der Waals surface area (Å²) >= 11 is 0. The van der Waals surface area contributed by atoms with Crippen molar-refractivity contribution in [1.82, 2.24) is 0 Å². The molecule has 2 aromatic rings. The summed E-state index contributed by atoms with van der Waals surface area (Å²) in [4.78, 5) is 0. The summed E-state index contributed by atoms with van der Waals surface area (Å²) in [5, 5.41) is 8.77. The maximum atomic E-state index is 12.7. The molecule has 2 nitrogen and oxygen atoms in total. The molecule has 20 heavy (non-hydrogen) atoms. The highest BCUT2D eigenvalue weighted by Gasteiger charge is 2.31. The molecule has 0 heterocycles. The van der Waals surface area contributed by atoms with Gasteiger partial charge in [-0.2, -0.15) is 13.2 Å². The van der Waals surface area contributed by atoms with Gasteiger partial charge in [-0.3, -0.25) is 0 Å². The molecule has 0 bridgehead atoms. The monoisotopic (exact) mass is 282 g/mol. The molecule has 0 atom stereocenters. The maximum Gasteiger partial charge on any atom is 0.416 e. The zero-order chi connectivity index (χ0) is 14.6. The predicted molar refractivity (Wildman–Crippen MR) is 69.5 cm³/mol. The lowest BCUT2D eigenvalue weighted by molar-refractivity contribution is -0.137. The lowest BCUT2D eigenvalue weighted by Gasteiger charge is -2.14. The predicted octanol–water partition coefficient (Wildman–Crippen LogP) is 3.74. The van der Waals surface area contributed by atoms with Gasteiger partial charge in [-0.05, 0) is 17.7 Å². The number of hydrogen-bond donors (Lipinski definition) is 1. The van der Waals surface area contributed by atoms with Gasteiger partial charge in [0.15, 0.2) is 0 Å². The molecule has 0 aliphatic rings. The fourth-order valence-electron chi connectivity index (χ4n) is 1.83. The van der Waals surface area contributed by atoms with Gasteiger partial charge in [-0.25, -0.2) is 0 Å². The molecule has 0 amide bonds. The first kappa shape index (κ1) is 14.4. The number of aliphatic hydroxyl groups excluding tert-OH is 1. The van der Waals surface area contributed by atoms with Crippen molar-refractivity contribution in [3.05, 3.63) is 54.1 Å². The summed E-state index contributed by atoms with van der Waals surface area (Å²) < 4.78 is 43.4. The molecular weight excluding hydrogens is 269 g/mol. The van der Waals surface area contributed by atoms with Crippen molar-refractivity contribution in [2.45, 2.75) is 6.18 Å². The normalized spacial score (nSPS) is 11.4. The van der Waals surface area contributed by atoms with Gasteiger partial charge in [0.25, 0.3) is 0 Å². The topological polar surface area (TPSA) is 29.5 Å². The summed E-state index contributed by atoms with van der Waals surface area (Å²) in [5.41, 5.74) is 0.548. The smallest absolute Gasteiger partial charge is 0.416 e. The molecule has 2 aromatic carbocycles. The van der Waals surface area contributed by atoms with Crippen molar-refractivity contribution in [2.75, 3.05) is 13.2 Å². The third-order valence-corrected chi connectivity index (χ3v) is 2.74. The Balaban J connectivity index is 2.46. The van der Waals surface area contributed by atoms with Crippen LogP contribution < -0.4 is 4.74 Å². The van der Waals surface area contributed by atoms with Crippen LogP contribution in [0.15, 0.2) is 48.5 Å². The number of hydrogen-bond acceptors (Lipinski definition) is 2. The van der Waals surface area contributed by atoms with E-state index in [1.165, 1.54) is 6.07 Å². The first-order chi connectivity index (χ1) is 9.52. The van der Waals surface area contributed by atoms with E-state index in [1.54, 1.807) is 24.3 Å². The van der Waals surface area contributed by atoms with Crippen molar-refractivity contribution in [3.8, 4) is 16.9 Å². The molecule has 0 aliphatic heterocycles. The van der Waals surface area contributed by atoms with Gasteiger partial charge < -0.3 is 9.84 Å². The Morgan fingerprint density at radius 3 is 2.30 bits per heavy atom. The Bertz CT molecular complexity index is 565. The summed E-state index contributed by atoms with van der Waals surface area (Å²) in [6.45, 7) is -0.314. The van der Waals surface area contributed by atoms with Crippen molar-refractivity contribution in [3.63, 3.8) is 0 Å². The van der Waals surface area contributed by atoms with Gasteiger partial charge in [0.05, 0.1) is 12.2 Å². The van der Waals surface area contributed by atoms with E-state index in [-0.39, 0.29) is 19.0 Å². The molecule has 0 spiro atoms. The molecule has 0 saturated heterocycles. The molecule has 1 N–H and O–H groups in total. The Morgan fingerprint density at radius 2 is 1.70 bits per heavy atom. The van der Waals surface area contributed by atoms with Gasteiger partial charge >= 0.3 is 6.18 Å². The molecule has 0 aromatic heterocycles. The van der Waals surface area contributed by atoms with Crippen molar-refractivity contribution in [1.29, 1.82) is 0 Å². The van der Waals surface area contributed by atoms with Crippen molar-refractivity contribution >= 4 is 0 Å². The second kappa shape index (κ2) is 5.96. The minimum Gasteiger partial charge on any atom is -0.491 e. The quantitative estimate of drug-likeness (QED) is 0.925. The van der Waals surface area contributed by atoms with E-state index in [0.717, 1.165) is 17.7 Å². The summed E-state index contributed by atoms with van der Waals surface area (Å²) in [6.07, 6.45) is -4.42. The molecule has 0 unspecified atom stereocenters. The van der Waals surface area contributed by atoms with E-state index >= 15 is 0 Å². The lowest BCUT2D eigenvalue weighted by atomic mass is 10.0. The minimum atomic E-state index is -4.42. The highest BCUT2D eigenvalue weighted by Crippen LogP contribution is 2.37. The number of ether oxygens (including phenoxy) is 1. The molecular formula is C15H13F3O2. The van der Waals surface area contributed by atoms with Gasteiger partial charge in [0.1, 0.15) is 12.4 Å². The molecule has 0 saturated carbocycles. The van der Waals surface area contributed by atoms with Crippen LogP contribution in [-0.4, -0.2) is 18.3 Å². The number of halogens is 3. The summed E-state index contributed by atoms with van der Waals surface area (Å²) in [7, 11) is 0. The average molecular weight is 282 g/mol. The van der Waals surface area contributed by atoms with Gasteiger partial charge in [0, 0.05) is 5.56 Å². The molecule has 0 aliphatic carbocycles. The summed E-state index contributed by atoms with van der Waals surface area (Å²) in [5.74, 6) is 0.111. The summed E-state index contributed by atoms with van der Waals surface area (Å²) in [6, 6.07) is 12.3. The van der Waals surface area contributed by atoms with Gasteiger partial charge in [0.2, 0.25) is 0 Å². The maximum absolute atomic E-state index is 12.7. The number of benzene rings is 2. The Morgan fingerprint density at radius 1 is 1.00 bits per heavy atom. The van der Waals surface area contributed by atoms with Crippen LogP contribution in [0.1, 0.15) is 5.56 Å². The zero-order valence-corrected chi connectivity index (χ0v) is 10.5. The van der Waals surface area contributed by atoms with Crippen molar-refractivity contribution in [2.24, 2.45) is 0 Å². The van der Waals surface area contributed by atoms with Crippen LogP contribution in [0.4, 0.5) is 13.2 Å². The largest absolute Gasteiger partial charge is 0.491 e. The molecule has 0 fully saturated rings. The highest BCUT2D eigenvalue weighted by atomic mass is 19.4. The molecule has 5 heteroatoms. The minimum absolute atomic E-state index is 0.0544. The van der Waals surface area contributed by atoms with Crippen LogP contribution in [0.2, 0.25) is 0 Å². The van der Waals surface area contributed by atoms with E-state index in [9.17, 15) is 13.2 Å². The standard InChI is InChI=1S/C15H13F3O2/c16-15(17,18)12-6-7-13(11-4-2-1-3-5-11)14(10-12)20-9-8-19/h1-7,10,19H,8-9H2. The van der Waals surface area contributed by atoms with Gasteiger partial charge in [-0.1, -0.05) is 36.4 Å². The van der Waals surface area contributed by atoms with Crippen molar-refractivity contribution < 1.29 is 23.0 Å². The lowest BCUT2D eigenvalue weighted by Crippen LogP contribution is -2.07. The first-order valence-corrected chi connectivity index (χ1v) is 6.02. The van der Waals surface area contributed by atoms with E-state index in [1.807, 2.05) is 6.07 Å². The van der Waals surface area contributed by atoms with E-state index in [4.69, 9.17) is 9.84 Å². The van der Waals surface area contributed by atoms with Crippen LogP contribution in [0.3, 0.4) is 0 Å². The fraction of sp³-hybridized carbons (Fsp3) is 0.200. The van der Waals surface area contributed by atoms with Crippen LogP contribution in [0, 0.1) is 0 Å². The Hall–Kier alpha value is -2.01. The second-order valence-corrected chi connectivity index (χ2v) is 4.15. The zero-order valence-electron chi connectivity index (χ0n) is 10.5. The SMILES string of the molecule is OCCOc1cc(C(F)(F)F)ccc1-c1ccccc1. The van der Waals surface area contributed by atoms with E-state index < -0.39 is 11.7 Å². The third-order valence-electron chi connectivity index (χ3n) is 2.74. The van der Waals surface area contributed by atoms with Crippen LogP contribution in [0.25, 0.3) is 11.1 Å². The number of rotatable bonds is 4. The van der Waals surface area contributed by atoms with E-state index in [0.29, 0.717) is 5.56 Å². The van der Waals surface area contributed by atoms with Crippen LogP contribution >= 0.6 is 0 Å². The van der Waals surface area contributed by atoms with Crippen LogP contribution in [0.5, 0.6) is 5.75 Å². The average Bonchev–Trinajstić information content (AvgIpc) is 2.45. The second-order valence-electron chi connectivity index (χ2n) is 4.15. The van der Waals surface area contributed by atoms with E-state index in [2.05, 4.69) is 0 Å². The molecule has 2 rings (SSSR count). The molecule has 106 valence electrons. The molecule has 0 radical (unpaired) electrons. The number of aliphatic hydroxyl groups is 1. The highest BCUT2D eigenvalue weighted by molar-refractivity contribution is 5.71. The fourth-order valence-corrected chi connectivity index (χ4v) is 1.83. The Labute approximate surface area is 114 Å². The van der Waals surface area contributed by atoms with Crippen LogP contribution in [-0.2, 0) is 6.18 Å². The van der Waals surface area contributed by atoms with Gasteiger partial charge in [-0.15, -0.1) is 0 Å². The Kier molecular flexibility index (Phi) is 4.29. The first-order valence-electron chi connectivity index (χ1n) is 6.02. The third kappa shape index (κ3) is 3.30.